The van der Waals surface area contributed by atoms with Crippen LogP contribution in [0.25, 0.3) is 0 Å². The third-order valence-corrected chi connectivity index (χ3v) is 2.99. The maximum absolute atomic E-state index is 13.7. The zero-order valence-corrected chi connectivity index (χ0v) is 10.9. The number of benzene rings is 1. The Bertz CT molecular complexity index is 612. The first-order valence-corrected chi connectivity index (χ1v) is 6.14. The molecule has 0 saturated carbocycles. The molecule has 2 aromatic rings. The van der Waals surface area contributed by atoms with Crippen molar-refractivity contribution >= 4 is 0 Å². The van der Waals surface area contributed by atoms with Crippen molar-refractivity contribution < 1.29 is 8.78 Å². The van der Waals surface area contributed by atoms with Crippen LogP contribution in [0, 0.1) is 23.0 Å². The lowest BCUT2D eigenvalue weighted by Gasteiger charge is -2.14. The van der Waals surface area contributed by atoms with Gasteiger partial charge in [0.1, 0.15) is 11.6 Å². The standard InChI is InChI=1S/C15H13F2N3/c1-10(15-4-2-3-5-19-15)20-9-12-13(16)6-11(8-18)7-14(12)17/h2-7,10,20H,9H2,1H3/t10-/m0/s1. The van der Waals surface area contributed by atoms with E-state index < -0.39 is 11.6 Å². The fourth-order valence-electron chi connectivity index (χ4n) is 1.83. The third-order valence-electron chi connectivity index (χ3n) is 2.99. The van der Waals surface area contributed by atoms with Crippen LogP contribution in [-0.4, -0.2) is 4.98 Å². The molecule has 102 valence electrons. The molecular formula is C15H13F2N3. The summed E-state index contributed by atoms with van der Waals surface area (Å²) in [6, 6.07) is 9.14. The molecule has 0 saturated heterocycles. The van der Waals surface area contributed by atoms with Gasteiger partial charge in [0.15, 0.2) is 0 Å². The molecule has 1 N–H and O–H groups in total. The van der Waals surface area contributed by atoms with E-state index in [4.69, 9.17) is 5.26 Å². The first kappa shape index (κ1) is 14.1. The first-order chi connectivity index (χ1) is 9.61. The number of rotatable bonds is 4. The van der Waals surface area contributed by atoms with Crippen molar-refractivity contribution in [2.45, 2.75) is 19.5 Å². The molecule has 0 aliphatic carbocycles. The maximum Gasteiger partial charge on any atom is 0.131 e. The molecule has 0 spiro atoms. The highest BCUT2D eigenvalue weighted by Crippen LogP contribution is 2.17. The highest BCUT2D eigenvalue weighted by molar-refractivity contribution is 5.34. The molecule has 0 bridgehead atoms. The van der Waals surface area contributed by atoms with Gasteiger partial charge < -0.3 is 5.32 Å². The Balaban J connectivity index is 2.10. The highest BCUT2D eigenvalue weighted by Gasteiger charge is 2.13. The molecule has 5 heteroatoms. The van der Waals surface area contributed by atoms with Crippen molar-refractivity contribution in [2.75, 3.05) is 0 Å². The average molecular weight is 273 g/mol. The molecule has 20 heavy (non-hydrogen) atoms. The minimum atomic E-state index is -0.720. The van der Waals surface area contributed by atoms with Crippen LogP contribution in [0.5, 0.6) is 0 Å². The largest absolute Gasteiger partial charge is 0.305 e. The predicted octanol–water partition coefficient (Wildman–Crippen LogP) is 3.08. The number of nitrogens with zero attached hydrogens (tertiary/aromatic N) is 2. The summed E-state index contributed by atoms with van der Waals surface area (Å²) in [5, 5.41) is 11.6. The van der Waals surface area contributed by atoms with E-state index >= 15 is 0 Å². The zero-order valence-electron chi connectivity index (χ0n) is 10.9. The van der Waals surface area contributed by atoms with Gasteiger partial charge in [0.05, 0.1) is 17.3 Å². The Morgan fingerprint density at radius 3 is 2.55 bits per heavy atom. The van der Waals surface area contributed by atoms with Crippen LogP contribution in [0.15, 0.2) is 36.5 Å². The lowest BCUT2D eigenvalue weighted by atomic mass is 10.1. The van der Waals surface area contributed by atoms with E-state index in [0.717, 1.165) is 17.8 Å². The molecule has 0 unspecified atom stereocenters. The number of hydrogen-bond acceptors (Lipinski definition) is 3. The Labute approximate surface area is 115 Å². The van der Waals surface area contributed by atoms with Crippen molar-refractivity contribution in [1.82, 2.24) is 10.3 Å². The van der Waals surface area contributed by atoms with Crippen molar-refractivity contribution in [3.63, 3.8) is 0 Å². The highest BCUT2D eigenvalue weighted by atomic mass is 19.1. The molecule has 1 heterocycles. The smallest absolute Gasteiger partial charge is 0.131 e. The van der Waals surface area contributed by atoms with Gasteiger partial charge in [-0.3, -0.25) is 4.98 Å². The Kier molecular flexibility index (Phi) is 4.38. The molecule has 1 atom stereocenters. The summed E-state index contributed by atoms with van der Waals surface area (Å²) in [6.45, 7) is 1.89. The number of halogens is 2. The summed E-state index contributed by atoms with van der Waals surface area (Å²) >= 11 is 0. The van der Waals surface area contributed by atoms with E-state index in [2.05, 4.69) is 10.3 Å². The minimum absolute atomic E-state index is 0.0264. The molecule has 0 radical (unpaired) electrons. The van der Waals surface area contributed by atoms with Gasteiger partial charge in [0.25, 0.3) is 0 Å². The molecule has 0 aliphatic rings. The zero-order chi connectivity index (χ0) is 14.5. The summed E-state index contributed by atoms with van der Waals surface area (Å²) < 4.78 is 27.4. The Morgan fingerprint density at radius 2 is 2.00 bits per heavy atom. The summed E-state index contributed by atoms with van der Waals surface area (Å²) in [5.41, 5.74) is 0.690. The van der Waals surface area contributed by atoms with Gasteiger partial charge in [-0.05, 0) is 31.2 Å². The Hall–Kier alpha value is -2.32. The lowest BCUT2D eigenvalue weighted by Crippen LogP contribution is -2.20. The first-order valence-electron chi connectivity index (χ1n) is 6.14. The maximum atomic E-state index is 13.7. The number of hydrogen-bond donors (Lipinski definition) is 1. The molecule has 2 rings (SSSR count). The van der Waals surface area contributed by atoms with Crippen molar-refractivity contribution in [3.05, 3.63) is 65.0 Å². The monoisotopic (exact) mass is 273 g/mol. The van der Waals surface area contributed by atoms with Gasteiger partial charge in [0.2, 0.25) is 0 Å². The third kappa shape index (κ3) is 3.16. The fourth-order valence-corrected chi connectivity index (χ4v) is 1.83. The van der Waals surface area contributed by atoms with E-state index in [0.29, 0.717) is 0 Å². The fraction of sp³-hybridized carbons (Fsp3) is 0.200. The normalized spacial score (nSPS) is 11.9. The molecule has 1 aromatic heterocycles. The predicted molar refractivity (Wildman–Crippen MR) is 70.6 cm³/mol. The van der Waals surface area contributed by atoms with Crippen LogP contribution in [0.1, 0.15) is 29.8 Å². The van der Waals surface area contributed by atoms with E-state index in [1.165, 1.54) is 0 Å². The van der Waals surface area contributed by atoms with Crippen LogP contribution in [0.2, 0.25) is 0 Å². The molecule has 0 amide bonds. The van der Waals surface area contributed by atoms with Crippen LogP contribution < -0.4 is 5.32 Å². The van der Waals surface area contributed by atoms with Crippen molar-refractivity contribution in [2.24, 2.45) is 0 Å². The van der Waals surface area contributed by atoms with Crippen molar-refractivity contribution in [1.29, 1.82) is 5.26 Å². The summed E-state index contributed by atoms with van der Waals surface area (Å²) in [7, 11) is 0. The molecule has 0 fully saturated rings. The molecule has 3 nitrogen and oxygen atoms in total. The van der Waals surface area contributed by atoms with Crippen molar-refractivity contribution in [3.8, 4) is 6.07 Å². The summed E-state index contributed by atoms with van der Waals surface area (Å²) in [6.07, 6.45) is 1.66. The van der Waals surface area contributed by atoms with E-state index in [1.807, 2.05) is 19.1 Å². The van der Waals surface area contributed by atoms with Gasteiger partial charge in [-0.25, -0.2) is 8.78 Å². The van der Waals surface area contributed by atoms with Crippen LogP contribution in [0.3, 0.4) is 0 Å². The second kappa shape index (κ2) is 6.22. The lowest BCUT2D eigenvalue weighted by molar-refractivity contribution is 0.504. The molecular weight excluding hydrogens is 260 g/mol. The number of pyridine rings is 1. The van der Waals surface area contributed by atoms with E-state index in [9.17, 15) is 8.78 Å². The quantitative estimate of drug-likeness (QED) is 0.931. The van der Waals surface area contributed by atoms with E-state index in [-0.39, 0.29) is 23.7 Å². The number of aromatic nitrogens is 1. The summed E-state index contributed by atoms with van der Waals surface area (Å²) in [4.78, 5) is 4.17. The van der Waals surface area contributed by atoms with Crippen LogP contribution >= 0.6 is 0 Å². The van der Waals surface area contributed by atoms with Crippen LogP contribution in [0.4, 0.5) is 8.78 Å². The topological polar surface area (TPSA) is 48.7 Å². The molecule has 1 aromatic carbocycles. The summed E-state index contributed by atoms with van der Waals surface area (Å²) in [5.74, 6) is -1.44. The van der Waals surface area contributed by atoms with Gasteiger partial charge in [-0.1, -0.05) is 6.07 Å². The SMILES string of the molecule is C[C@H](NCc1c(F)cc(C#N)cc1F)c1ccccn1. The van der Waals surface area contributed by atoms with Crippen LogP contribution in [-0.2, 0) is 6.54 Å². The van der Waals surface area contributed by atoms with Gasteiger partial charge in [-0.15, -0.1) is 0 Å². The number of nitriles is 1. The van der Waals surface area contributed by atoms with Gasteiger partial charge >= 0.3 is 0 Å². The Morgan fingerprint density at radius 1 is 1.30 bits per heavy atom. The van der Waals surface area contributed by atoms with Gasteiger partial charge in [0, 0.05) is 24.3 Å². The average Bonchev–Trinajstić information content (AvgIpc) is 2.46. The second-order valence-corrected chi connectivity index (χ2v) is 4.39. The minimum Gasteiger partial charge on any atom is -0.305 e. The second-order valence-electron chi connectivity index (χ2n) is 4.39. The molecule has 0 aliphatic heterocycles. The number of nitrogens with one attached hydrogen (secondary N) is 1. The van der Waals surface area contributed by atoms with E-state index in [1.54, 1.807) is 18.3 Å². The van der Waals surface area contributed by atoms with Gasteiger partial charge in [-0.2, -0.15) is 5.26 Å².